The molecule has 0 aliphatic carbocycles. The summed E-state index contributed by atoms with van der Waals surface area (Å²) in [6, 6.07) is 19.7. The summed E-state index contributed by atoms with van der Waals surface area (Å²) in [5, 5.41) is 4.20. The van der Waals surface area contributed by atoms with Crippen LogP contribution >= 0.6 is 23.5 Å². The maximum atomic E-state index is 5.47. The molecule has 0 fully saturated rings. The van der Waals surface area contributed by atoms with Crippen LogP contribution in [0.1, 0.15) is 22.5 Å². The van der Waals surface area contributed by atoms with Crippen LogP contribution in [0.2, 0.25) is 0 Å². The van der Waals surface area contributed by atoms with Gasteiger partial charge < -0.3 is 4.52 Å². The minimum atomic E-state index is 0.850. The maximum Gasteiger partial charge on any atom is 0.147 e. The quantitative estimate of drug-likeness (QED) is 0.538. The van der Waals surface area contributed by atoms with Crippen LogP contribution in [0.5, 0.6) is 0 Å². The average molecular weight is 339 g/mol. The largest absolute Gasteiger partial charge is 0.360 e. The van der Waals surface area contributed by atoms with Gasteiger partial charge in [0.1, 0.15) is 11.5 Å². The van der Waals surface area contributed by atoms with Crippen molar-refractivity contribution < 1.29 is 4.52 Å². The Morgan fingerprint density at radius 2 is 1.22 bits per heavy atom. The molecular weight excluding hydrogens is 322 g/mol. The first-order valence-corrected chi connectivity index (χ1v) is 9.96. The van der Waals surface area contributed by atoms with E-state index in [4.69, 9.17) is 4.52 Å². The lowest BCUT2D eigenvalue weighted by atomic mass is 10.1. The minimum Gasteiger partial charge on any atom is -0.360 e. The first-order valence-electron chi connectivity index (χ1n) is 7.65. The van der Waals surface area contributed by atoms with Crippen molar-refractivity contribution in [1.82, 2.24) is 5.16 Å². The van der Waals surface area contributed by atoms with Crippen molar-refractivity contribution in [1.29, 1.82) is 0 Å². The molecule has 4 aliphatic heterocycles. The van der Waals surface area contributed by atoms with E-state index in [1.807, 2.05) is 23.5 Å². The van der Waals surface area contributed by atoms with Crippen molar-refractivity contribution in [2.75, 3.05) is 0 Å². The highest BCUT2D eigenvalue weighted by Crippen LogP contribution is 2.26. The molecule has 0 spiro atoms. The van der Waals surface area contributed by atoms with Crippen molar-refractivity contribution >= 4 is 23.5 Å². The van der Waals surface area contributed by atoms with Crippen LogP contribution in [-0.2, 0) is 23.0 Å². The van der Waals surface area contributed by atoms with E-state index in [1.165, 1.54) is 16.7 Å². The molecule has 2 aromatic carbocycles. The summed E-state index contributed by atoms with van der Waals surface area (Å²) in [4.78, 5) is 0. The molecule has 6 bridgehead atoms. The fourth-order valence-electron chi connectivity index (χ4n) is 2.58. The fourth-order valence-corrected chi connectivity index (χ4v) is 4.40. The summed E-state index contributed by atoms with van der Waals surface area (Å²) in [5.74, 6) is 4.87. The number of hydrogen-bond donors (Lipinski definition) is 0. The van der Waals surface area contributed by atoms with Crippen LogP contribution < -0.4 is 0 Å². The predicted octanol–water partition coefficient (Wildman–Crippen LogP) is 5.52. The van der Waals surface area contributed by atoms with E-state index >= 15 is 0 Å². The minimum absolute atomic E-state index is 0.850. The van der Waals surface area contributed by atoms with Gasteiger partial charge in [-0.15, -0.1) is 11.8 Å². The van der Waals surface area contributed by atoms with Crippen LogP contribution in [0.25, 0.3) is 11.3 Å². The second-order valence-electron chi connectivity index (χ2n) is 5.68. The summed E-state index contributed by atoms with van der Waals surface area (Å²) in [5.41, 5.74) is 6.14. The highest BCUT2D eigenvalue weighted by atomic mass is 32.2. The van der Waals surface area contributed by atoms with Gasteiger partial charge in [0.15, 0.2) is 0 Å². The van der Waals surface area contributed by atoms with Crippen LogP contribution in [0.15, 0.2) is 59.1 Å². The Bertz CT molecular complexity index is 778. The van der Waals surface area contributed by atoms with E-state index in [9.17, 15) is 0 Å². The molecule has 7 rings (SSSR count). The van der Waals surface area contributed by atoms with Gasteiger partial charge in [0.25, 0.3) is 0 Å². The second kappa shape index (κ2) is 6.85. The topological polar surface area (TPSA) is 26.0 Å². The summed E-state index contributed by atoms with van der Waals surface area (Å²) < 4.78 is 5.47. The van der Waals surface area contributed by atoms with E-state index in [2.05, 4.69) is 59.8 Å². The highest BCUT2D eigenvalue weighted by Gasteiger charge is 2.08. The molecule has 5 heterocycles. The van der Waals surface area contributed by atoms with Gasteiger partial charge in [-0.25, -0.2) is 0 Å². The zero-order valence-corrected chi connectivity index (χ0v) is 14.3. The monoisotopic (exact) mass is 339 g/mol. The van der Waals surface area contributed by atoms with Crippen molar-refractivity contribution in [3.8, 4) is 11.3 Å². The molecule has 0 saturated carbocycles. The Kier molecular flexibility index (Phi) is 4.44. The second-order valence-corrected chi connectivity index (χ2v) is 7.65. The van der Waals surface area contributed by atoms with Gasteiger partial charge in [0.05, 0.1) is 5.75 Å². The number of benzene rings is 2. The number of thioether (sulfide) groups is 2. The van der Waals surface area contributed by atoms with Gasteiger partial charge >= 0.3 is 0 Å². The fraction of sp³-hybridized carbons (Fsp3) is 0.211. The smallest absolute Gasteiger partial charge is 0.147 e. The average Bonchev–Trinajstić information content (AvgIpc) is 3.05. The van der Waals surface area contributed by atoms with E-state index in [-0.39, 0.29) is 0 Å². The van der Waals surface area contributed by atoms with E-state index in [0.29, 0.717) is 0 Å². The van der Waals surface area contributed by atoms with Gasteiger partial charge in [-0.05, 0) is 16.7 Å². The Morgan fingerprint density at radius 1 is 0.696 bits per heavy atom. The zero-order chi connectivity index (χ0) is 15.5. The van der Waals surface area contributed by atoms with Crippen molar-refractivity contribution in [2.24, 2.45) is 0 Å². The molecule has 3 aromatic rings. The molecule has 0 unspecified atom stereocenters. The van der Waals surface area contributed by atoms with E-state index in [1.54, 1.807) is 0 Å². The van der Waals surface area contributed by atoms with E-state index in [0.717, 1.165) is 40.0 Å². The number of rotatable bonds is 0. The summed E-state index contributed by atoms with van der Waals surface area (Å²) in [6.07, 6.45) is 0. The first-order chi connectivity index (χ1) is 11.4. The number of aromatic nitrogens is 1. The molecular formula is C19H17NOS2. The van der Waals surface area contributed by atoms with Gasteiger partial charge in [0, 0.05) is 28.9 Å². The van der Waals surface area contributed by atoms with Crippen LogP contribution in [0.4, 0.5) is 0 Å². The van der Waals surface area contributed by atoms with Crippen LogP contribution in [0.3, 0.4) is 0 Å². The molecule has 0 radical (unpaired) electrons. The Balaban J connectivity index is 1.62. The normalized spacial score (nSPS) is 14.8. The molecule has 4 heteroatoms. The summed E-state index contributed by atoms with van der Waals surface area (Å²) in [6.45, 7) is 0. The molecule has 0 amide bonds. The standard InChI is InChI=1S/C19H17NOS2/c1-3-15-4-2-14(1)10-22-11-16-5-7-17(8-6-16)19-9-18(21-20-19)13-23-12-15/h1-9H,10-13H2. The number of hydrogen-bond acceptors (Lipinski definition) is 4. The lowest BCUT2D eigenvalue weighted by Crippen LogP contribution is -1.86. The van der Waals surface area contributed by atoms with E-state index < -0.39 is 0 Å². The Morgan fingerprint density at radius 3 is 1.83 bits per heavy atom. The van der Waals surface area contributed by atoms with Crippen molar-refractivity contribution in [3.05, 3.63) is 77.0 Å². The maximum absolute atomic E-state index is 5.47. The SMILES string of the molecule is c1cc2ccc1CSCc1ccc(cc1)-c1cc(on1)CSC2. The van der Waals surface area contributed by atoms with Gasteiger partial charge in [0.2, 0.25) is 0 Å². The lowest BCUT2D eigenvalue weighted by molar-refractivity contribution is 0.397. The zero-order valence-electron chi connectivity index (χ0n) is 12.7. The third-order valence-corrected chi connectivity index (χ3v) is 5.98. The van der Waals surface area contributed by atoms with Gasteiger partial charge in [-0.2, -0.15) is 11.8 Å². The third kappa shape index (κ3) is 3.65. The molecule has 1 aromatic heterocycles. The highest BCUT2D eigenvalue weighted by molar-refractivity contribution is 7.97. The van der Waals surface area contributed by atoms with Gasteiger partial charge in [-0.1, -0.05) is 53.7 Å². The third-order valence-electron chi connectivity index (χ3n) is 3.88. The lowest BCUT2D eigenvalue weighted by Gasteiger charge is -2.05. The molecule has 0 saturated heterocycles. The first kappa shape index (κ1) is 14.9. The Hall–Kier alpha value is -1.65. The Labute approximate surface area is 144 Å². The predicted molar refractivity (Wildman–Crippen MR) is 98.4 cm³/mol. The molecule has 4 aliphatic rings. The van der Waals surface area contributed by atoms with Crippen molar-refractivity contribution in [3.63, 3.8) is 0 Å². The van der Waals surface area contributed by atoms with Crippen molar-refractivity contribution in [2.45, 2.75) is 23.0 Å². The molecule has 0 N–H and O–H groups in total. The number of nitrogens with zero attached hydrogens (tertiary/aromatic N) is 1. The summed E-state index contributed by atoms with van der Waals surface area (Å²) in [7, 11) is 0. The molecule has 116 valence electrons. The molecule has 2 nitrogen and oxygen atoms in total. The van der Waals surface area contributed by atoms with Gasteiger partial charge in [-0.3, -0.25) is 0 Å². The van der Waals surface area contributed by atoms with Crippen LogP contribution in [-0.4, -0.2) is 5.16 Å². The molecule has 0 atom stereocenters. The molecule has 23 heavy (non-hydrogen) atoms. The summed E-state index contributed by atoms with van der Waals surface area (Å²) >= 11 is 3.81. The van der Waals surface area contributed by atoms with Crippen LogP contribution in [0, 0.1) is 0 Å².